The number of carbonyl (C=O) groups excluding carboxylic acids is 1. The number of benzene rings is 1. The fourth-order valence-electron chi connectivity index (χ4n) is 2.18. The van der Waals surface area contributed by atoms with Gasteiger partial charge in [-0.15, -0.1) is 0 Å². The highest BCUT2D eigenvalue weighted by molar-refractivity contribution is 6.49. The molecule has 0 saturated carbocycles. The maximum atomic E-state index is 11.9. The Morgan fingerprint density at radius 2 is 1.83 bits per heavy atom. The molecule has 5 N–H and O–H groups in total. The van der Waals surface area contributed by atoms with Crippen molar-refractivity contribution in [2.75, 3.05) is 6.54 Å². The van der Waals surface area contributed by atoms with E-state index in [0.29, 0.717) is 13.0 Å². The zero-order valence-corrected chi connectivity index (χ0v) is 12.8. The highest BCUT2D eigenvalue weighted by Gasteiger charge is 2.22. The lowest BCUT2D eigenvalue weighted by molar-refractivity contribution is -0.138. The molecule has 0 spiro atoms. The molecule has 1 aliphatic carbocycles. The van der Waals surface area contributed by atoms with Gasteiger partial charge in [0.05, 0.1) is 0 Å². The number of carboxylic acid groups (broad SMARTS) is 1. The molecule has 1 aromatic rings. The van der Waals surface area contributed by atoms with Gasteiger partial charge in [-0.25, -0.2) is 0 Å². The largest absolute Gasteiger partial charge is 0.508 e. The number of ketones is 1. The van der Waals surface area contributed by atoms with Gasteiger partial charge in [0.25, 0.3) is 0 Å². The van der Waals surface area contributed by atoms with Crippen molar-refractivity contribution in [2.24, 2.45) is 10.7 Å². The van der Waals surface area contributed by atoms with Crippen LogP contribution in [0, 0.1) is 0 Å². The summed E-state index contributed by atoms with van der Waals surface area (Å²) in [6.45, 7) is 0.342. The Hall–Kier alpha value is -2.93. The summed E-state index contributed by atoms with van der Waals surface area (Å²) in [7, 11) is 0. The smallest absolute Gasteiger partial charge is 0.320 e. The van der Waals surface area contributed by atoms with Crippen LogP contribution in [0.15, 0.2) is 52.7 Å². The van der Waals surface area contributed by atoms with Gasteiger partial charge in [0, 0.05) is 19.0 Å². The number of rotatable bonds is 6. The van der Waals surface area contributed by atoms with E-state index in [1.165, 1.54) is 6.08 Å². The number of phenolic OH excluding ortho intramolecular Hbond substituents is 1. The van der Waals surface area contributed by atoms with E-state index in [1.807, 2.05) is 0 Å². The molecule has 2 rings (SSSR count). The number of aromatic hydroxyl groups is 1. The third-order valence-electron chi connectivity index (χ3n) is 3.54. The predicted octanol–water partition coefficient (Wildman–Crippen LogP) is 1.13. The van der Waals surface area contributed by atoms with Crippen LogP contribution in [0.1, 0.15) is 12.0 Å². The van der Waals surface area contributed by atoms with Crippen molar-refractivity contribution < 1.29 is 24.9 Å². The summed E-state index contributed by atoms with van der Waals surface area (Å²) in [4.78, 5) is 26.9. The first-order valence-corrected chi connectivity index (χ1v) is 7.33. The molecule has 1 aromatic carbocycles. The molecule has 0 radical (unpaired) electrons. The molecule has 0 aromatic heterocycles. The number of aliphatic imine (C=N–C) groups is 1. The topological polar surface area (TPSA) is 133 Å². The van der Waals surface area contributed by atoms with Crippen molar-refractivity contribution in [3.63, 3.8) is 0 Å². The van der Waals surface area contributed by atoms with Gasteiger partial charge in [-0.1, -0.05) is 12.1 Å². The van der Waals surface area contributed by atoms with Crippen molar-refractivity contribution >= 4 is 17.5 Å². The molecular formula is C17H18N2O5. The zero-order chi connectivity index (χ0) is 17.7. The highest BCUT2D eigenvalue weighted by atomic mass is 16.4. The highest BCUT2D eigenvalue weighted by Crippen LogP contribution is 2.18. The van der Waals surface area contributed by atoms with E-state index >= 15 is 0 Å². The Morgan fingerprint density at radius 1 is 1.17 bits per heavy atom. The Bertz CT molecular complexity index is 732. The fraction of sp³-hybridized carbons (Fsp3) is 0.235. The summed E-state index contributed by atoms with van der Waals surface area (Å²) in [6.07, 6.45) is 2.87. The van der Waals surface area contributed by atoms with E-state index in [1.54, 1.807) is 24.3 Å². The summed E-state index contributed by atoms with van der Waals surface area (Å²) in [5.41, 5.74) is 6.83. The van der Waals surface area contributed by atoms with Gasteiger partial charge in [-0.3, -0.25) is 14.6 Å². The van der Waals surface area contributed by atoms with E-state index in [2.05, 4.69) is 4.99 Å². The van der Waals surface area contributed by atoms with Gasteiger partial charge < -0.3 is 21.1 Å². The third-order valence-corrected chi connectivity index (χ3v) is 3.54. The lowest BCUT2D eigenvalue weighted by Gasteiger charge is -2.14. The zero-order valence-electron chi connectivity index (χ0n) is 12.8. The van der Waals surface area contributed by atoms with Crippen LogP contribution in [0.3, 0.4) is 0 Å². The Kier molecular flexibility index (Phi) is 5.49. The first-order chi connectivity index (χ1) is 11.4. The quantitative estimate of drug-likeness (QED) is 0.578. The number of hydrogen-bond acceptors (Lipinski definition) is 6. The van der Waals surface area contributed by atoms with E-state index in [9.17, 15) is 19.8 Å². The van der Waals surface area contributed by atoms with E-state index in [0.717, 1.165) is 11.6 Å². The van der Waals surface area contributed by atoms with Crippen LogP contribution in [0.5, 0.6) is 5.75 Å². The predicted molar refractivity (Wildman–Crippen MR) is 88.1 cm³/mol. The summed E-state index contributed by atoms with van der Waals surface area (Å²) >= 11 is 0. The van der Waals surface area contributed by atoms with Crippen LogP contribution in [-0.4, -0.2) is 45.4 Å². The molecule has 0 amide bonds. The third kappa shape index (κ3) is 4.53. The van der Waals surface area contributed by atoms with E-state index in [4.69, 9.17) is 10.8 Å². The second kappa shape index (κ2) is 7.56. The van der Waals surface area contributed by atoms with Gasteiger partial charge in [0.1, 0.15) is 23.3 Å². The molecule has 7 nitrogen and oxygen atoms in total. The van der Waals surface area contributed by atoms with Crippen molar-refractivity contribution in [1.82, 2.24) is 0 Å². The number of aliphatic hydroxyl groups excluding tert-OH is 1. The van der Waals surface area contributed by atoms with Crippen LogP contribution < -0.4 is 5.73 Å². The maximum Gasteiger partial charge on any atom is 0.320 e. The number of phenols is 1. The molecule has 0 fully saturated rings. The van der Waals surface area contributed by atoms with Crippen LogP contribution in [0.4, 0.5) is 0 Å². The van der Waals surface area contributed by atoms with E-state index < -0.39 is 17.8 Å². The average molecular weight is 330 g/mol. The summed E-state index contributed by atoms with van der Waals surface area (Å²) < 4.78 is 0. The number of aliphatic carboxylic acids is 1. The van der Waals surface area contributed by atoms with Crippen molar-refractivity contribution in [2.45, 2.75) is 18.9 Å². The number of carbonyl (C=O) groups is 2. The molecular weight excluding hydrogens is 312 g/mol. The monoisotopic (exact) mass is 330 g/mol. The molecule has 0 unspecified atom stereocenters. The summed E-state index contributed by atoms with van der Waals surface area (Å²) in [6, 6.07) is 5.49. The van der Waals surface area contributed by atoms with Crippen molar-refractivity contribution in [1.29, 1.82) is 0 Å². The molecule has 0 bridgehead atoms. The summed E-state index contributed by atoms with van der Waals surface area (Å²) in [5.74, 6) is -1.73. The summed E-state index contributed by atoms with van der Waals surface area (Å²) in [5, 5.41) is 27.8. The normalized spacial score (nSPS) is 17.4. The minimum absolute atomic E-state index is 0.0953. The van der Waals surface area contributed by atoms with Gasteiger partial charge in [0.2, 0.25) is 5.78 Å². The van der Waals surface area contributed by atoms with Gasteiger partial charge in [-0.2, -0.15) is 0 Å². The minimum Gasteiger partial charge on any atom is -0.508 e. The van der Waals surface area contributed by atoms with Crippen LogP contribution in [0.25, 0.3) is 0 Å². The number of nitrogens with zero attached hydrogens (tertiary/aromatic N) is 1. The number of carboxylic acids is 1. The molecule has 0 saturated heterocycles. The standard InChI is InChI=1S/C17H18N2O5/c18-13(17(23)24)7-11-8-14(16(22)9-15(11)21)19-6-5-10-1-3-12(20)4-2-10/h1-4,8-9,13,20-21H,5-7,18H2,(H,23,24)/t13-/m0/s1. The maximum absolute atomic E-state index is 11.9. The lowest BCUT2D eigenvalue weighted by Crippen LogP contribution is -2.31. The minimum atomic E-state index is -1.19. The van der Waals surface area contributed by atoms with Crippen molar-refractivity contribution in [3.05, 3.63) is 53.3 Å². The van der Waals surface area contributed by atoms with Crippen molar-refractivity contribution in [3.8, 4) is 5.75 Å². The fourth-order valence-corrected chi connectivity index (χ4v) is 2.18. The number of allylic oxidation sites excluding steroid dienone is 3. The Morgan fingerprint density at radius 3 is 2.46 bits per heavy atom. The lowest BCUT2D eigenvalue weighted by atomic mass is 9.97. The first-order valence-electron chi connectivity index (χ1n) is 7.33. The van der Waals surface area contributed by atoms with Gasteiger partial charge in [-0.05, 0) is 35.8 Å². The van der Waals surface area contributed by atoms with Gasteiger partial charge >= 0.3 is 5.97 Å². The second-order valence-electron chi connectivity index (χ2n) is 5.40. The van der Waals surface area contributed by atoms with Crippen LogP contribution in [-0.2, 0) is 16.0 Å². The Balaban J connectivity index is 2.07. The molecule has 0 heterocycles. The average Bonchev–Trinajstić information content (AvgIpc) is 2.53. The van der Waals surface area contributed by atoms with Crippen LogP contribution in [0.2, 0.25) is 0 Å². The Labute approximate surface area is 138 Å². The van der Waals surface area contributed by atoms with E-state index in [-0.39, 0.29) is 29.2 Å². The molecule has 0 aliphatic heterocycles. The van der Waals surface area contributed by atoms with Gasteiger partial charge in [0.15, 0.2) is 0 Å². The molecule has 7 heteroatoms. The first kappa shape index (κ1) is 17.4. The molecule has 1 aliphatic rings. The molecule has 126 valence electrons. The molecule has 1 atom stereocenters. The second-order valence-corrected chi connectivity index (χ2v) is 5.40. The SMILES string of the molecule is N[C@@H](CC1=CC(=NCCc2ccc(O)cc2)C(=O)C=C1O)C(=O)O. The van der Waals surface area contributed by atoms with Crippen LogP contribution >= 0.6 is 0 Å². The number of aliphatic hydroxyl groups is 1. The molecule has 24 heavy (non-hydrogen) atoms. The number of nitrogens with two attached hydrogens (primary N) is 1. The number of hydrogen-bond donors (Lipinski definition) is 4.